The first-order valence-corrected chi connectivity index (χ1v) is 6.93. The van der Waals surface area contributed by atoms with Crippen LogP contribution in [0.4, 0.5) is 5.69 Å². The van der Waals surface area contributed by atoms with Crippen LogP contribution >= 0.6 is 15.9 Å². The van der Waals surface area contributed by atoms with E-state index in [9.17, 15) is 9.59 Å². The summed E-state index contributed by atoms with van der Waals surface area (Å²) in [6.07, 6.45) is 4.28. The lowest BCUT2D eigenvalue weighted by Crippen LogP contribution is -2.35. The lowest BCUT2D eigenvalue weighted by atomic mass is 10.3. The number of anilines is 1. The quantitative estimate of drug-likeness (QED) is 0.916. The Morgan fingerprint density at radius 1 is 1.29 bits per heavy atom. The van der Waals surface area contributed by atoms with Gasteiger partial charge < -0.3 is 10.2 Å². The van der Waals surface area contributed by atoms with Crippen molar-refractivity contribution in [2.24, 2.45) is 0 Å². The zero-order valence-electron chi connectivity index (χ0n) is 11.3. The van der Waals surface area contributed by atoms with E-state index >= 15 is 0 Å². The molecule has 0 aliphatic carbocycles. The molecule has 1 heterocycles. The summed E-state index contributed by atoms with van der Waals surface area (Å²) < 4.78 is 0.779. The zero-order chi connectivity index (χ0) is 15.2. The second kappa shape index (κ2) is 6.94. The minimum absolute atomic E-state index is 0.0727. The summed E-state index contributed by atoms with van der Waals surface area (Å²) >= 11 is 3.34. The van der Waals surface area contributed by atoms with Crippen LogP contribution < -0.4 is 5.32 Å². The number of hydrogen-bond acceptors (Lipinski definition) is 4. The van der Waals surface area contributed by atoms with E-state index in [0.717, 1.165) is 4.47 Å². The van der Waals surface area contributed by atoms with Crippen LogP contribution in [0.5, 0.6) is 0 Å². The van der Waals surface area contributed by atoms with Crippen molar-refractivity contribution in [1.82, 2.24) is 14.9 Å². The third-order valence-corrected chi connectivity index (χ3v) is 3.35. The molecule has 1 aromatic carbocycles. The van der Waals surface area contributed by atoms with Gasteiger partial charge in [0.25, 0.3) is 5.91 Å². The first kappa shape index (κ1) is 15.1. The smallest absolute Gasteiger partial charge is 0.274 e. The van der Waals surface area contributed by atoms with Crippen LogP contribution in [0.15, 0.2) is 47.3 Å². The van der Waals surface area contributed by atoms with Gasteiger partial charge in [-0.15, -0.1) is 0 Å². The maximum atomic E-state index is 12.0. The molecule has 108 valence electrons. The van der Waals surface area contributed by atoms with E-state index in [0.29, 0.717) is 5.69 Å². The van der Waals surface area contributed by atoms with Crippen molar-refractivity contribution < 1.29 is 9.59 Å². The first-order chi connectivity index (χ1) is 10.1. The number of para-hydroxylation sites is 1. The second-order valence-corrected chi connectivity index (χ2v) is 5.13. The summed E-state index contributed by atoms with van der Waals surface area (Å²) in [5.74, 6) is -0.646. The summed E-state index contributed by atoms with van der Waals surface area (Å²) in [6, 6.07) is 7.26. The van der Waals surface area contributed by atoms with Crippen LogP contribution in [-0.2, 0) is 4.79 Å². The maximum Gasteiger partial charge on any atom is 0.274 e. The summed E-state index contributed by atoms with van der Waals surface area (Å²) in [5.41, 5.74) is 0.858. The minimum atomic E-state index is -0.356. The largest absolute Gasteiger partial charge is 0.331 e. The van der Waals surface area contributed by atoms with Gasteiger partial charge in [0.1, 0.15) is 5.69 Å². The Labute approximate surface area is 130 Å². The molecule has 0 fully saturated rings. The number of hydrogen-bond donors (Lipinski definition) is 1. The van der Waals surface area contributed by atoms with Crippen LogP contribution in [0, 0.1) is 0 Å². The normalized spacial score (nSPS) is 10.0. The number of nitrogens with zero attached hydrogens (tertiary/aromatic N) is 3. The molecule has 1 aromatic heterocycles. The second-order valence-electron chi connectivity index (χ2n) is 4.28. The van der Waals surface area contributed by atoms with Crippen molar-refractivity contribution in [1.29, 1.82) is 0 Å². The summed E-state index contributed by atoms with van der Waals surface area (Å²) in [7, 11) is 1.54. The highest BCUT2D eigenvalue weighted by molar-refractivity contribution is 9.10. The highest BCUT2D eigenvalue weighted by atomic mass is 79.9. The van der Waals surface area contributed by atoms with E-state index in [-0.39, 0.29) is 24.1 Å². The lowest BCUT2D eigenvalue weighted by molar-refractivity contribution is -0.116. The number of carbonyl (C=O) groups excluding carboxylic acids is 2. The molecule has 0 atom stereocenters. The third-order valence-electron chi connectivity index (χ3n) is 2.66. The molecular formula is C14H13BrN4O2. The van der Waals surface area contributed by atoms with Crippen LogP contribution in [-0.4, -0.2) is 40.3 Å². The van der Waals surface area contributed by atoms with Crippen molar-refractivity contribution in [3.63, 3.8) is 0 Å². The average Bonchev–Trinajstić information content (AvgIpc) is 2.49. The van der Waals surface area contributed by atoms with Gasteiger partial charge in [0, 0.05) is 23.9 Å². The summed E-state index contributed by atoms with van der Waals surface area (Å²) in [4.78, 5) is 33.0. The third kappa shape index (κ3) is 4.09. The van der Waals surface area contributed by atoms with Crippen LogP contribution in [0.2, 0.25) is 0 Å². The molecule has 21 heavy (non-hydrogen) atoms. The molecule has 0 aliphatic rings. The molecule has 6 nitrogen and oxygen atoms in total. The maximum absolute atomic E-state index is 12.0. The highest BCUT2D eigenvalue weighted by Crippen LogP contribution is 2.20. The van der Waals surface area contributed by atoms with Gasteiger partial charge in [0.15, 0.2) is 0 Å². The van der Waals surface area contributed by atoms with Gasteiger partial charge >= 0.3 is 0 Å². The molecule has 0 radical (unpaired) electrons. The minimum Gasteiger partial charge on any atom is -0.331 e. The number of nitrogens with one attached hydrogen (secondary N) is 1. The fourth-order valence-corrected chi connectivity index (χ4v) is 2.03. The Balaban J connectivity index is 1.97. The van der Waals surface area contributed by atoms with Gasteiger partial charge in [-0.25, -0.2) is 4.98 Å². The highest BCUT2D eigenvalue weighted by Gasteiger charge is 2.16. The molecule has 2 rings (SSSR count). The average molecular weight is 349 g/mol. The van der Waals surface area contributed by atoms with E-state index in [4.69, 9.17) is 0 Å². The topological polar surface area (TPSA) is 75.2 Å². The van der Waals surface area contributed by atoms with Gasteiger partial charge in [-0.1, -0.05) is 12.1 Å². The predicted octanol–water partition coefficient (Wildman–Crippen LogP) is 1.95. The standard InChI is InChI=1S/C14H13BrN4O2/c1-19(14(21)12-8-16-6-7-17-12)9-13(20)18-11-5-3-2-4-10(11)15/h2-8H,9H2,1H3,(H,18,20). The van der Waals surface area contributed by atoms with E-state index in [1.54, 1.807) is 6.07 Å². The molecule has 0 spiro atoms. The Bertz CT molecular complexity index is 648. The molecule has 0 saturated carbocycles. The summed E-state index contributed by atoms with van der Waals surface area (Å²) in [5, 5.41) is 2.73. The Kier molecular flexibility index (Phi) is 4.99. The van der Waals surface area contributed by atoms with Gasteiger partial charge in [0.05, 0.1) is 18.4 Å². The predicted molar refractivity (Wildman–Crippen MR) is 81.8 cm³/mol. The lowest BCUT2D eigenvalue weighted by Gasteiger charge is -2.16. The molecule has 0 unspecified atom stereocenters. The molecule has 0 saturated heterocycles. The van der Waals surface area contributed by atoms with Gasteiger partial charge in [0.2, 0.25) is 5.91 Å². The SMILES string of the molecule is CN(CC(=O)Nc1ccccc1Br)C(=O)c1cnccn1. The van der Waals surface area contributed by atoms with Crippen molar-refractivity contribution in [3.8, 4) is 0 Å². The number of amides is 2. The Morgan fingerprint density at radius 3 is 2.71 bits per heavy atom. The molecule has 1 N–H and O–H groups in total. The monoisotopic (exact) mass is 348 g/mol. The van der Waals surface area contributed by atoms with Gasteiger partial charge in [-0.2, -0.15) is 0 Å². The van der Waals surface area contributed by atoms with Crippen molar-refractivity contribution in [3.05, 3.63) is 53.0 Å². The number of benzene rings is 1. The fourth-order valence-electron chi connectivity index (χ4n) is 1.64. The van der Waals surface area contributed by atoms with Crippen LogP contribution in [0.25, 0.3) is 0 Å². The van der Waals surface area contributed by atoms with Crippen LogP contribution in [0.1, 0.15) is 10.5 Å². The van der Waals surface area contributed by atoms with Crippen LogP contribution in [0.3, 0.4) is 0 Å². The molecule has 7 heteroatoms. The van der Waals surface area contributed by atoms with E-state index in [2.05, 4.69) is 31.2 Å². The number of carbonyl (C=O) groups is 2. The number of rotatable bonds is 4. The Morgan fingerprint density at radius 2 is 2.05 bits per heavy atom. The fraction of sp³-hybridized carbons (Fsp3) is 0.143. The van der Waals surface area contributed by atoms with E-state index in [1.807, 2.05) is 18.2 Å². The molecule has 0 aliphatic heterocycles. The van der Waals surface area contributed by atoms with E-state index in [1.165, 1.54) is 30.5 Å². The van der Waals surface area contributed by atoms with Crippen molar-refractivity contribution in [2.75, 3.05) is 18.9 Å². The number of aromatic nitrogens is 2. The zero-order valence-corrected chi connectivity index (χ0v) is 12.9. The molecule has 2 aromatic rings. The van der Waals surface area contributed by atoms with E-state index < -0.39 is 0 Å². The molecular weight excluding hydrogens is 336 g/mol. The molecule has 0 bridgehead atoms. The van der Waals surface area contributed by atoms with Gasteiger partial charge in [-0.3, -0.25) is 14.6 Å². The summed E-state index contributed by atoms with van der Waals surface area (Å²) in [6.45, 7) is -0.0727. The van der Waals surface area contributed by atoms with Gasteiger partial charge in [-0.05, 0) is 28.1 Å². The van der Waals surface area contributed by atoms with Crippen molar-refractivity contribution in [2.45, 2.75) is 0 Å². The first-order valence-electron chi connectivity index (χ1n) is 6.14. The number of likely N-dealkylation sites (N-methyl/N-ethyl adjacent to an activating group) is 1. The Hall–Kier alpha value is -2.28. The van der Waals surface area contributed by atoms with Crippen molar-refractivity contribution >= 4 is 33.4 Å². The molecule has 2 amide bonds. The number of halogens is 1.